The zero-order chi connectivity index (χ0) is 20.7. The highest BCUT2D eigenvalue weighted by atomic mass is 16.4. The molecule has 0 bridgehead atoms. The first-order valence-electron chi connectivity index (χ1n) is 10.9. The maximum Gasteiger partial charge on any atom is 0.323 e. The van der Waals surface area contributed by atoms with Crippen LogP contribution in [0.5, 0.6) is 0 Å². The summed E-state index contributed by atoms with van der Waals surface area (Å²) in [5.74, 6) is -0.787. The van der Waals surface area contributed by atoms with Crippen LogP contribution in [0.2, 0.25) is 6.32 Å². The number of rotatable bonds is 10. The van der Waals surface area contributed by atoms with Crippen LogP contribution in [0.3, 0.4) is 0 Å². The Bertz CT molecular complexity index is 781. The Labute approximate surface area is 175 Å². The molecule has 1 aliphatic rings. The number of nitrogens with one attached hydrogen (secondary N) is 1. The minimum Gasteiger partial charge on any atom is -0.480 e. The lowest BCUT2D eigenvalue weighted by Crippen LogP contribution is -2.53. The number of hydrogen-bond donors (Lipinski definition) is 3. The minimum atomic E-state index is -1.08. The molecule has 1 unspecified atom stereocenters. The van der Waals surface area contributed by atoms with E-state index in [2.05, 4.69) is 61.7 Å². The lowest BCUT2D eigenvalue weighted by Gasteiger charge is -2.31. The van der Waals surface area contributed by atoms with Crippen molar-refractivity contribution in [1.29, 1.82) is 0 Å². The minimum absolute atomic E-state index is 0.0508. The van der Waals surface area contributed by atoms with E-state index >= 15 is 0 Å². The molecule has 4 nitrogen and oxygen atoms in total. The molecule has 0 radical (unpaired) electrons. The molecule has 3 atom stereocenters. The maximum atomic E-state index is 11.9. The smallest absolute Gasteiger partial charge is 0.323 e. The first-order valence-corrected chi connectivity index (χ1v) is 10.9. The molecular weight excluding hydrogens is 359 g/mol. The van der Waals surface area contributed by atoms with Gasteiger partial charge in [0.1, 0.15) is 13.4 Å². The molecule has 1 saturated carbocycles. The van der Waals surface area contributed by atoms with Gasteiger partial charge < -0.3 is 16.2 Å². The summed E-state index contributed by atoms with van der Waals surface area (Å²) in [6, 6.07) is 19.4. The van der Waals surface area contributed by atoms with Crippen LogP contribution in [-0.2, 0) is 11.3 Å². The monoisotopic (exact) mass is 392 g/mol. The summed E-state index contributed by atoms with van der Waals surface area (Å²) in [5, 5.41) is 13.4. The van der Waals surface area contributed by atoms with E-state index in [4.69, 9.17) is 5.73 Å². The van der Waals surface area contributed by atoms with E-state index in [0.717, 1.165) is 45.0 Å². The standard InChI is InChI=1S/C24H33BN2O2/c25-15-5-4-14-24(26,23(28)29)21-12-13-22(16-21)27-17-18-8-10-20(11-9-18)19-6-2-1-3-7-19/h1-3,6-11,21-22,27H,4-5,12-17,25-26H2,(H,28,29)/t21-,22-,24?/m0/s1. The van der Waals surface area contributed by atoms with Crippen molar-refractivity contribution in [1.82, 2.24) is 5.32 Å². The van der Waals surface area contributed by atoms with Gasteiger partial charge in [0.05, 0.1) is 0 Å². The summed E-state index contributed by atoms with van der Waals surface area (Å²) in [4.78, 5) is 11.9. The number of benzene rings is 2. The molecule has 0 amide bonds. The van der Waals surface area contributed by atoms with Crippen LogP contribution < -0.4 is 11.1 Å². The molecule has 0 spiro atoms. The van der Waals surface area contributed by atoms with Crippen LogP contribution in [0.4, 0.5) is 0 Å². The molecule has 29 heavy (non-hydrogen) atoms. The molecule has 0 aromatic heterocycles. The number of carbonyl (C=O) groups is 1. The Morgan fingerprint density at radius 3 is 2.41 bits per heavy atom. The fourth-order valence-corrected chi connectivity index (χ4v) is 4.50. The molecule has 2 aromatic rings. The van der Waals surface area contributed by atoms with Crippen molar-refractivity contribution in [3.63, 3.8) is 0 Å². The van der Waals surface area contributed by atoms with Crippen molar-refractivity contribution >= 4 is 13.8 Å². The molecule has 1 fully saturated rings. The number of carboxylic acids is 1. The Hall–Kier alpha value is -2.11. The van der Waals surface area contributed by atoms with E-state index in [1.807, 2.05) is 6.07 Å². The van der Waals surface area contributed by atoms with Gasteiger partial charge in [0, 0.05) is 12.6 Å². The van der Waals surface area contributed by atoms with Crippen molar-refractivity contribution in [2.24, 2.45) is 11.7 Å². The van der Waals surface area contributed by atoms with Crippen molar-refractivity contribution in [3.05, 3.63) is 60.2 Å². The fraction of sp³-hybridized carbons (Fsp3) is 0.458. The second kappa shape index (κ2) is 10.1. The Morgan fingerprint density at radius 2 is 1.76 bits per heavy atom. The lowest BCUT2D eigenvalue weighted by molar-refractivity contribution is -0.146. The first-order chi connectivity index (χ1) is 14.0. The van der Waals surface area contributed by atoms with Crippen molar-refractivity contribution < 1.29 is 9.90 Å². The average Bonchev–Trinajstić information content (AvgIpc) is 3.23. The molecule has 0 saturated heterocycles. The topological polar surface area (TPSA) is 75.4 Å². The van der Waals surface area contributed by atoms with Gasteiger partial charge in [-0.1, -0.05) is 73.8 Å². The summed E-state index contributed by atoms with van der Waals surface area (Å²) in [5.41, 5.74) is 9.01. The predicted octanol–water partition coefficient (Wildman–Crippen LogP) is 3.62. The van der Waals surface area contributed by atoms with E-state index in [0.29, 0.717) is 12.5 Å². The lowest BCUT2D eigenvalue weighted by atomic mass is 9.78. The molecule has 0 aliphatic heterocycles. The highest BCUT2D eigenvalue weighted by Crippen LogP contribution is 2.36. The van der Waals surface area contributed by atoms with Gasteiger partial charge in [-0.05, 0) is 48.3 Å². The van der Waals surface area contributed by atoms with E-state index in [1.165, 1.54) is 16.7 Å². The van der Waals surface area contributed by atoms with Crippen LogP contribution in [0.25, 0.3) is 11.1 Å². The molecule has 1 aliphatic carbocycles. The molecule has 0 heterocycles. The van der Waals surface area contributed by atoms with Gasteiger partial charge in [-0.3, -0.25) is 4.79 Å². The van der Waals surface area contributed by atoms with Crippen molar-refractivity contribution in [3.8, 4) is 11.1 Å². The van der Waals surface area contributed by atoms with Crippen molar-refractivity contribution in [2.75, 3.05) is 0 Å². The summed E-state index contributed by atoms with van der Waals surface area (Å²) in [6.07, 6.45) is 6.31. The van der Waals surface area contributed by atoms with Gasteiger partial charge in [-0.15, -0.1) is 0 Å². The zero-order valence-corrected chi connectivity index (χ0v) is 17.4. The molecule has 5 heteroatoms. The quantitative estimate of drug-likeness (QED) is 0.427. The van der Waals surface area contributed by atoms with Crippen LogP contribution in [-0.4, -0.2) is 30.5 Å². The zero-order valence-electron chi connectivity index (χ0n) is 17.4. The van der Waals surface area contributed by atoms with Gasteiger partial charge in [0.25, 0.3) is 0 Å². The molecular formula is C24H33BN2O2. The maximum absolute atomic E-state index is 11.9. The third-order valence-corrected chi connectivity index (χ3v) is 6.41. The van der Waals surface area contributed by atoms with E-state index in [9.17, 15) is 9.90 Å². The Kier molecular flexibility index (Phi) is 7.51. The van der Waals surface area contributed by atoms with Gasteiger partial charge in [0.15, 0.2) is 0 Å². The largest absolute Gasteiger partial charge is 0.480 e. The normalized spacial score (nSPS) is 21.0. The molecule has 154 valence electrons. The van der Waals surface area contributed by atoms with Gasteiger partial charge >= 0.3 is 5.97 Å². The average molecular weight is 392 g/mol. The highest BCUT2D eigenvalue weighted by Gasteiger charge is 2.44. The van der Waals surface area contributed by atoms with Crippen molar-refractivity contribution in [2.45, 2.75) is 63.0 Å². The molecule has 2 aromatic carbocycles. The van der Waals surface area contributed by atoms with Crippen LogP contribution in [0.1, 0.15) is 44.1 Å². The third-order valence-electron chi connectivity index (χ3n) is 6.41. The first kappa shape index (κ1) is 21.6. The van der Waals surface area contributed by atoms with E-state index in [1.54, 1.807) is 0 Å². The van der Waals surface area contributed by atoms with Crippen LogP contribution >= 0.6 is 0 Å². The predicted molar refractivity (Wildman–Crippen MR) is 122 cm³/mol. The Morgan fingerprint density at radius 1 is 1.07 bits per heavy atom. The van der Waals surface area contributed by atoms with Crippen LogP contribution in [0.15, 0.2) is 54.6 Å². The second-order valence-electron chi connectivity index (χ2n) is 8.45. The summed E-state index contributed by atoms with van der Waals surface area (Å²) < 4.78 is 0. The van der Waals surface area contributed by atoms with E-state index in [-0.39, 0.29) is 5.92 Å². The number of aliphatic carboxylic acids is 1. The van der Waals surface area contributed by atoms with Gasteiger partial charge in [0.2, 0.25) is 0 Å². The third kappa shape index (κ3) is 5.49. The summed E-state index contributed by atoms with van der Waals surface area (Å²) >= 11 is 0. The van der Waals surface area contributed by atoms with Crippen LogP contribution in [0, 0.1) is 5.92 Å². The Balaban J connectivity index is 1.52. The number of hydrogen-bond acceptors (Lipinski definition) is 3. The summed E-state index contributed by atoms with van der Waals surface area (Å²) in [7, 11) is 2.13. The second-order valence-corrected chi connectivity index (χ2v) is 8.45. The van der Waals surface area contributed by atoms with Gasteiger partial charge in [-0.2, -0.15) is 0 Å². The van der Waals surface area contributed by atoms with Gasteiger partial charge in [-0.25, -0.2) is 0 Å². The highest BCUT2D eigenvalue weighted by molar-refractivity contribution is 6.08. The number of nitrogens with two attached hydrogens (primary N) is 1. The number of unbranched alkanes of at least 4 members (excludes halogenated alkanes) is 1. The molecule has 4 N–H and O–H groups in total. The summed E-state index contributed by atoms with van der Waals surface area (Å²) in [6.45, 7) is 0.799. The fourth-order valence-electron chi connectivity index (χ4n) is 4.50. The van der Waals surface area contributed by atoms with E-state index < -0.39 is 11.5 Å². The molecule has 3 rings (SSSR count). The SMILES string of the molecule is BCCCCC(N)(C(=O)O)[C@H]1CC[C@H](NCc2ccc(-c3ccccc3)cc2)C1. The number of carboxylic acid groups (broad SMARTS) is 1.